The summed E-state index contributed by atoms with van der Waals surface area (Å²) in [5.74, 6) is 0.403. The van der Waals surface area contributed by atoms with E-state index in [9.17, 15) is 14.4 Å². The Morgan fingerprint density at radius 3 is 2.50 bits per heavy atom. The van der Waals surface area contributed by atoms with Gasteiger partial charge in [0.1, 0.15) is 6.54 Å². The second-order valence-electron chi connectivity index (χ2n) is 6.47. The Hall–Kier alpha value is -3.26. The number of methoxy groups -OCH3 is 2. The monoisotopic (exact) mass is 426 g/mol. The molecule has 7 nitrogen and oxygen atoms in total. The fourth-order valence-corrected chi connectivity index (χ4v) is 3.76. The lowest BCUT2D eigenvalue weighted by Gasteiger charge is -2.13. The van der Waals surface area contributed by atoms with Crippen LogP contribution in [0, 0.1) is 0 Å². The standard InChI is InChI=1S/C22H22N2O5S/c1-28-17-9-8-16(12-18(17)29-2)10-11-23-20(25)14-24-21(26)19(30-22(24)27)13-15-6-4-3-5-7-15/h3-9,12-13H,10-11,14H2,1-2H3,(H,23,25)/b19-13+. The van der Waals surface area contributed by atoms with Gasteiger partial charge in [0.05, 0.1) is 19.1 Å². The summed E-state index contributed by atoms with van der Waals surface area (Å²) in [7, 11) is 3.13. The number of imide groups is 1. The van der Waals surface area contributed by atoms with Crippen molar-refractivity contribution in [1.29, 1.82) is 0 Å². The van der Waals surface area contributed by atoms with Crippen LogP contribution < -0.4 is 14.8 Å². The molecule has 30 heavy (non-hydrogen) atoms. The minimum atomic E-state index is -0.455. The van der Waals surface area contributed by atoms with Crippen LogP contribution in [0.25, 0.3) is 6.08 Å². The Morgan fingerprint density at radius 2 is 1.80 bits per heavy atom. The summed E-state index contributed by atoms with van der Waals surface area (Å²) in [5, 5.41) is 2.30. The molecule has 1 fully saturated rings. The van der Waals surface area contributed by atoms with Crippen LogP contribution in [0.4, 0.5) is 4.79 Å². The van der Waals surface area contributed by atoms with Crippen LogP contribution in [-0.4, -0.2) is 49.3 Å². The SMILES string of the molecule is COc1ccc(CCNC(=O)CN2C(=O)S/C(=C/c3ccccc3)C2=O)cc1OC. The van der Waals surface area contributed by atoms with Crippen molar-refractivity contribution in [3.05, 3.63) is 64.6 Å². The maximum absolute atomic E-state index is 12.5. The molecule has 0 aromatic heterocycles. The molecule has 8 heteroatoms. The lowest BCUT2D eigenvalue weighted by atomic mass is 10.1. The van der Waals surface area contributed by atoms with Gasteiger partial charge in [-0.15, -0.1) is 0 Å². The fraction of sp³-hybridized carbons (Fsp3) is 0.227. The number of hydrogen-bond donors (Lipinski definition) is 1. The predicted molar refractivity (Wildman–Crippen MR) is 115 cm³/mol. The summed E-state index contributed by atoms with van der Waals surface area (Å²) in [5.41, 5.74) is 1.78. The average molecular weight is 426 g/mol. The largest absolute Gasteiger partial charge is 0.493 e. The van der Waals surface area contributed by atoms with Gasteiger partial charge in [-0.05, 0) is 47.5 Å². The quantitative estimate of drug-likeness (QED) is 0.653. The second-order valence-corrected chi connectivity index (χ2v) is 7.46. The smallest absolute Gasteiger partial charge is 0.294 e. The van der Waals surface area contributed by atoms with E-state index >= 15 is 0 Å². The van der Waals surface area contributed by atoms with Crippen LogP contribution in [0.2, 0.25) is 0 Å². The Morgan fingerprint density at radius 1 is 1.07 bits per heavy atom. The van der Waals surface area contributed by atoms with Crippen molar-refractivity contribution in [2.75, 3.05) is 27.3 Å². The molecule has 0 bridgehead atoms. The van der Waals surface area contributed by atoms with E-state index in [-0.39, 0.29) is 6.54 Å². The Bertz CT molecular complexity index is 975. The first-order chi connectivity index (χ1) is 14.5. The summed E-state index contributed by atoms with van der Waals surface area (Å²) in [6, 6.07) is 14.8. The molecule has 1 aliphatic heterocycles. The Kier molecular flexibility index (Phi) is 7.13. The molecule has 3 amide bonds. The van der Waals surface area contributed by atoms with Gasteiger partial charge < -0.3 is 14.8 Å². The van der Waals surface area contributed by atoms with E-state index in [1.54, 1.807) is 26.4 Å². The number of hydrogen-bond acceptors (Lipinski definition) is 6. The Balaban J connectivity index is 1.53. The van der Waals surface area contributed by atoms with Crippen molar-refractivity contribution in [2.24, 2.45) is 0 Å². The number of carbonyl (C=O) groups is 3. The maximum atomic E-state index is 12.5. The number of thioether (sulfide) groups is 1. The van der Waals surface area contributed by atoms with Gasteiger partial charge in [-0.2, -0.15) is 0 Å². The van der Waals surface area contributed by atoms with Gasteiger partial charge in [-0.3, -0.25) is 19.3 Å². The molecule has 156 valence electrons. The molecule has 0 aliphatic carbocycles. The zero-order chi connectivity index (χ0) is 21.5. The predicted octanol–water partition coefficient (Wildman–Crippen LogP) is 3.10. The molecule has 1 aliphatic rings. The van der Waals surface area contributed by atoms with Gasteiger partial charge >= 0.3 is 0 Å². The minimum Gasteiger partial charge on any atom is -0.493 e. The number of carbonyl (C=O) groups excluding carboxylic acids is 3. The zero-order valence-corrected chi connectivity index (χ0v) is 17.5. The van der Waals surface area contributed by atoms with E-state index in [1.165, 1.54) is 0 Å². The lowest BCUT2D eigenvalue weighted by molar-refractivity contribution is -0.129. The molecule has 1 heterocycles. The van der Waals surface area contributed by atoms with Crippen LogP contribution in [-0.2, 0) is 16.0 Å². The van der Waals surface area contributed by atoms with E-state index < -0.39 is 17.1 Å². The number of nitrogens with zero attached hydrogens (tertiary/aromatic N) is 1. The van der Waals surface area contributed by atoms with Gasteiger partial charge in [0.2, 0.25) is 5.91 Å². The molecule has 0 saturated carbocycles. The van der Waals surface area contributed by atoms with Gasteiger partial charge in [0.15, 0.2) is 11.5 Å². The third kappa shape index (κ3) is 5.21. The van der Waals surface area contributed by atoms with Crippen LogP contribution in [0.15, 0.2) is 53.4 Å². The highest BCUT2D eigenvalue weighted by Gasteiger charge is 2.36. The average Bonchev–Trinajstić information content (AvgIpc) is 3.01. The van der Waals surface area contributed by atoms with E-state index in [1.807, 2.05) is 42.5 Å². The van der Waals surface area contributed by atoms with Crippen LogP contribution in [0.3, 0.4) is 0 Å². The number of ether oxygens (including phenoxy) is 2. The van der Waals surface area contributed by atoms with Crippen LogP contribution in [0.5, 0.6) is 11.5 Å². The first-order valence-electron chi connectivity index (χ1n) is 9.30. The molecule has 0 spiro atoms. The molecule has 0 radical (unpaired) electrons. The normalized spacial score (nSPS) is 14.9. The Labute approximate surface area is 179 Å². The fourth-order valence-electron chi connectivity index (χ4n) is 2.92. The summed E-state index contributed by atoms with van der Waals surface area (Å²) in [6.07, 6.45) is 2.22. The summed E-state index contributed by atoms with van der Waals surface area (Å²) >= 11 is 0.840. The highest BCUT2D eigenvalue weighted by Crippen LogP contribution is 2.32. The number of nitrogens with one attached hydrogen (secondary N) is 1. The van der Waals surface area contributed by atoms with Gasteiger partial charge in [-0.25, -0.2) is 0 Å². The summed E-state index contributed by atoms with van der Waals surface area (Å²) < 4.78 is 10.5. The molecule has 1 N–H and O–H groups in total. The molecular formula is C22H22N2O5S. The van der Waals surface area contributed by atoms with Gasteiger partial charge in [0.25, 0.3) is 11.1 Å². The maximum Gasteiger partial charge on any atom is 0.294 e. The van der Waals surface area contributed by atoms with E-state index in [0.29, 0.717) is 29.4 Å². The van der Waals surface area contributed by atoms with Crippen molar-refractivity contribution < 1.29 is 23.9 Å². The van der Waals surface area contributed by atoms with E-state index in [2.05, 4.69) is 5.32 Å². The summed E-state index contributed by atoms with van der Waals surface area (Å²) in [6.45, 7) is 0.0626. The van der Waals surface area contributed by atoms with Crippen LogP contribution in [0.1, 0.15) is 11.1 Å². The molecule has 0 unspecified atom stereocenters. The molecule has 2 aromatic rings. The second kappa shape index (κ2) is 9.98. The number of benzene rings is 2. The highest BCUT2D eigenvalue weighted by atomic mass is 32.2. The topological polar surface area (TPSA) is 84.9 Å². The third-order valence-electron chi connectivity index (χ3n) is 4.46. The zero-order valence-electron chi connectivity index (χ0n) is 16.7. The molecule has 2 aromatic carbocycles. The lowest BCUT2D eigenvalue weighted by Crippen LogP contribution is -2.40. The highest BCUT2D eigenvalue weighted by molar-refractivity contribution is 8.18. The molecule has 0 atom stereocenters. The molecule has 3 rings (SSSR count). The van der Waals surface area contributed by atoms with Gasteiger partial charge in [0, 0.05) is 6.54 Å². The van der Waals surface area contributed by atoms with Crippen molar-refractivity contribution in [1.82, 2.24) is 10.2 Å². The molecular weight excluding hydrogens is 404 g/mol. The third-order valence-corrected chi connectivity index (χ3v) is 5.36. The van der Waals surface area contributed by atoms with Crippen LogP contribution >= 0.6 is 11.8 Å². The first kappa shape index (κ1) is 21.4. The van der Waals surface area contributed by atoms with Crippen molar-refractivity contribution in [2.45, 2.75) is 6.42 Å². The van der Waals surface area contributed by atoms with Crippen molar-refractivity contribution in [3.63, 3.8) is 0 Å². The summed E-state index contributed by atoms with van der Waals surface area (Å²) in [4.78, 5) is 38.2. The molecule has 1 saturated heterocycles. The van der Waals surface area contributed by atoms with Gasteiger partial charge in [-0.1, -0.05) is 36.4 Å². The van der Waals surface area contributed by atoms with Crippen molar-refractivity contribution in [3.8, 4) is 11.5 Å². The number of amides is 3. The number of rotatable bonds is 8. The van der Waals surface area contributed by atoms with E-state index in [4.69, 9.17) is 9.47 Å². The first-order valence-corrected chi connectivity index (χ1v) is 10.1. The minimum absolute atomic E-state index is 0.303. The van der Waals surface area contributed by atoms with E-state index in [0.717, 1.165) is 27.8 Å². The van der Waals surface area contributed by atoms with Crippen molar-refractivity contribution >= 4 is 34.9 Å².